The molecule has 1 aromatic heterocycles. The molecule has 0 N–H and O–H groups in total. The topological polar surface area (TPSA) is 115 Å². The third-order valence-electron chi connectivity index (χ3n) is 4.48. The minimum atomic E-state index is -3.23. The van der Waals surface area contributed by atoms with Gasteiger partial charge in [-0.15, -0.1) is 0 Å². The molecule has 3 rings (SSSR count). The van der Waals surface area contributed by atoms with Crippen molar-refractivity contribution in [3.8, 4) is 0 Å². The summed E-state index contributed by atoms with van der Waals surface area (Å²) in [7, 11) is -1.48. The molecule has 140 valence electrons. The summed E-state index contributed by atoms with van der Waals surface area (Å²) in [5.74, 6) is -0.595. The number of aromatic nitrogens is 1. The number of nitro groups is 1. The van der Waals surface area contributed by atoms with Crippen LogP contribution in [0.15, 0.2) is 23.2 Å². The van der Waals surface area contributed by atoms with Gasteiger partial charge in [0.1, 0.15) is 0 Å². The highest BCUT2D eigenvalue weighted by Crippen LogP contribution is 2.23. The van der Waals surface area contributed by atoms with Crippen molar-refractivity contribution in [1.82, 2.24) is 8.87 Å². The number of carbonyl (C=O) groups excluding carboxylic acids is 1. The predicted molar refractivity (Wildman–Crippen MR) is 97.2 cm³/mol. The van der Waals surface area contributed by atoms with Gasteiger partial charge in [-0.3, -0.25) is 14.9 Å². The van der Waals surface area contributed by atoms with Gasteiger partial charge in [-0.2, -0.15) is 4.99 Å². The van der Waals surface area contributed by atoms with E-state index in [2.05, 4.69) is 4.99 Å². The number of benzene rings is 1. The molecule has 0 saturated carbocycles. The maximum Gasteiger partial charge on any atom is 0.270 e. The molecule has 0 radical (unpaired) electrons. The Labute approximate surface area is 153 Å². The fourth-order valence-electron chi connectivity index (χ4n) is 2.96. The summed E-state index contributed by atoms with van der Waals surface area (Å²) >= 11 is 1.22. The minimum Gasteiger partial charge on any atom is -0.319 e. The van der Waals surface area contributed by atoms with Gasteiger partial charge in [-0.1, -0.05) is 11.3 Å². The molecule has 2 heterocycles. The molecule has 1 saturated heterocycles. The fourth-order valence-corrected chi connectivity index (χ4v) is 4.89. The predicted octanol–water partition coefficient (Wildman–Crippen LogP) is 1.25. The highest BCUT2D eigenvalue weighted by Gasteiger charge is 2.28. The van der Waals surface area contributed by atoms with Crippen LogP contribution in [0.25, 0.3) is 10.2 Å². The van der Waals surface area contributed by atoms with Crippen LogP contribution in [-0.4, -0.2) is 47.5 Å². The standard InChI is InChI=1S/C15H18N4O5S2/c1-17-12-4-3-11(19(21)22)9-13(12)25-15(17)16-14(20)10-5-7-18(8-6-10)26(2,23)24/h3-4,9-10H,5-8H2,1-2H3. The molecule has 9 nitrogen and oxygen atoms in total. The first-order valence-electron chi connectivity index (χ1n) is 7.94. The molecule has 1 fully saturated rings. The Bertz CT molecular complexity index is 1050. The number of aryl methyl sites for hydroxylation is 1. The minimum absolute atomic E-state index is 0.00891. The normalized spacial score (nSPS) is 17.7. The second-order valence-corrected chi connectivity index (χ2v) is 9.23. The Balaban J connectivity index is 1.85. The summed E-state index contributed by atoms with van der Waals surface area (Å²) in [6, 6.07) is 4.52. The molecule has 1 aliphatic rings. The zero-order chi connectivity index (χ0) is 19.1. The van der Waals surface area contributed by atoms with E-state index >= 15 is 0 Å². The van der Waals surface area contributed by atoms with E-state index in [0.717, 1.165) is 11.8 Å². The van der Waals surface area contributed by atoms with Gasteiger partial charge < -0.3 is 4.57 Å². The molecule has 0 spiro atoms. The van der Waals surface area contributed by atoms with Crippen molar-refractivity contribution < 1.29 is 18.1 Å². The lowest BCUT2D eigenvalue weighted by Gasteiger charge is -2.28. The highest BCUT2D eigenvalue weighted by atomic mass is 32.2. The van der Waals surface area contributed by atoms with Crippen molar-refractivity contribution in [2.24, 2.45) is 18.0 Å². The average molecular weight is 398 g/mol. The van der Waals surface area contributed by atoms with E-state index in [1.165, 1.54) is 27.8 Å². The van der Waals surface area contributed by atoms with E-state index < -0.39 is 14.9 Å². The zero-order valence-corrected chi connectivity index (χ0v) is 15.9. The van der Waals surface area contributed by atoms with Crippen molar-refractivity contribution in [1.29, 1.82) is 0 Å². The number of rotatable bonds is 3. The summed E-state index contributed by atoms with van der Waals surface area (Å²) in [6.45, 7) is 0.630. The van der Waals surface area contributed by atoms with Gasteiger partial charge in [0.05, 0.1) is 21.4 Å². The van der Waals surface area contributed by atoms with Crippen molar-refractivity contribution in [3.63, 3.8) is 0 Å². The Hall–Kier alpha value is -2.11. The smallest absolute Gasteiger partial charge is 0.270 e. The maximum absolute atomic E-state index is 12.5. The number of hydrogen-bond acceptors (Lipinski definition) is 6. The molecule has 11 heteroatoms. The van der Waals surface area contributed by atoms with Gasteiger partial charge in [-0.25, -0.2) is 12.7 Å². The highest BCUT2D eigenvalue weighted by molar-refractivity contribution is 7.88. The molecule has 2 aromatic rings. The molecule has 0 atom stereocenters. The van der Waals surface area contributed by atoms with E-state index in [1.54, 1.807) is 17.7 Å². The van der Waals surface area contributed by atoms with E-state index in [-0.39, 0.29) is 17.5 Å². The number of nitrogens with zero attached hydrogens (tertiary/aromatic N) is 4. The van der Waals surface area contributed by atoms with Gasteiger partial charge in [0, 0.05) is 38.2 Å². The van der Waals surface area contributed by atoms with Crippen molar-refractivity contribution in [2.45, 2.75) is 12.8 Å². The largest absolute Gasteiger partial charge is 0.319 e. The third kappa shape index (κ3) is 3.69. The Morgan fingerprint density at radius 1 is 1.35 bits per heavy atom. The van der Waals surface area contributed by atoms with Crippen LogP contribution in [0.2, 0.25) is 0 Å². The van der Waals surface area contributed by atoms with Crippen LogP contribution in [0.3, 0.4) is 0 Å². The fraction of sp³-hybridized carbons (Fsp3) is 0.467. The molecule has 0 unspecified atom stereocenters. The lowest BCUT2D eigenvalue weighted by atomic mass is 9.98. The van der Waals surface area contributed by atoms with Gasteiger partial charge in [0.25, 0.3) is 11.6 Å². The molecule has 1 amide bonds. The second kappa shape index (κ2) is 6.89. The number of carbonyl (C=O) groups is 1. The molecule has 0 aliphatic carbocycles. The lowest BCUT2D eigenvalue weighted by molar-refractivity contribution is -0.384. The number of nitro benzene ring substituents is 1. The summed E-state index contributed by atoms with van der Waals surface area (Å²) in [5.41, 5.74) is 0.754. The first kappa shape index (κ1) is 18.7. The Kier molecular flexibility index (Phi) is 4.95. The van der Waals surface area contributed by atoms with Crippen LogP contribution in [-0.2, 0) is 21.9 Å². The van der Waals surface area contributed by atoms with Crippen LogP contribution < -0.4 is 4.80 Å². The number of hydrogen-bond donors (Lipinski definition) is 0. The molecular weight excluding hydrogens is 380 g/mol. The third-order valence-corrected chi connectivity index (χ3v) is 6.88. The number of sulfonamides is 1. The SMILES string of the molecule is Cn1c(=NC(=O)C2CCN(S(C)(=O)=O)CC2)sc2cc([N+](=O)[O-])ccc21. The number of thiazole rings is 1. The lowest BCUT2D eigenvalue weighted by Crippen LogP contribution is -2.39. The quantitative estimate of drug-likeness (QED) is 0.570. The number of amides is 1. The van der Waals surface area contributed by atoms with Crippen LogP contribution >= 0.6 is 11.3 Å². The van der Waals surface area contributed by atoms with E-state index in [0.29, 0.717) is 35.4 Å². The van der Waals surface area contributed by atoms with Crippen LogP contribution in [0, 0.1) is 16.0 Å². The Morgan fingerprint density at radius 3 is 2.58 bits per heavy atom. The van der Waals surface area contributed by atoms with E-state index in [4.69, 9.17) is 0 Å². The summed E-state index contributed by atoms with van der Waals surface area (Å²) < 4.78 is 26.9. The van der Waals surface area contributed by atoms with E-state index in [9.17, 15) is 23.3 Å². The molecule has 1 aliphatic heterocycles. The number of piperidine rings is 1. The van der Waals surface area contributed by atoms with Crippen molar-refractivity contribution >= 4 is 43.2 Å². The number of fused-ring (bicyclic) bond motifs is 1. The summed E-state index contributed by atoms with van der Waals surface area (Å²) in [4.78, 5) is 27.6. The monoisotopic (exact) mass is 398 g/mol. The maximum atomic E-state index is 12.5. The second-order valence-electron chi connectivity index (χ2n) is 6.24. The van der Waals surface area contributed by atoms with Crippen LogP contribution in [0.5, 0.6) is 0 Å². The van der Waals surface area contributed by atoms with Crippen LogP contribution in [0.1, 0.15) is 12.8 Å². The molecule has 0 bridgehead atoms. The van der Waals surface area contributed by atoms with E-state index in [1.807, 2.05) is 0 Å². The van der Waals surface area contributed by atoms with Crippen molar-refractivity contribution in [3.05, 3.63) is 33.1 Å². The first-order chi connectivity index (χ1) is 12.2. The molecule has 1 aromatic carbocycles. The molecule has 26 heavy (non-hydrogen) atoms. The summed E-state index contributed by atoms with van der Waals surface area (Å²) in [6.07, 6.45) is 2.04. The van der Waals surface area contributed by atoms with Crippen molar-refractivity contribution in [2.75, 3.05) is 19.3 Å². The average Bonchev–Trinajstić information content (AvgIpc) is 2.89. The van der Waals surface area contributed by atoms with Crippen LogP contribution in [0.4, 0.5) is 5.69 Å². The van der Waals surface area contributed by atoms with Gasteiger partial charge in [0.15, 0.2) is 4.80 Å². The van der Waals surface area contributed by atoms with Gasteiger partial charge in [0.2, 0.25) is 10.0 Å². The first-order valence-corrected chi connectivity index (χ1v) is 10.6. The van der Waals surface area contributed by atoms with Gasteiger partial charge >= 0.3 is 0 Å². The zero-order valence-electron chi connectivity index (χ0n) is 14.3. The number of non-ortho nitro benzene ring substituents is 1. The molecular formula is C15H18N4O5S2. The van der Waals surface area contributed by atoms with Gasteiger partial charge in [-0.05, 0) is 18.9 Å². The Morgan fingerprint density at radius 2 is 2.00 bits per heavy atom. The summed E-state index contributed by atoms with van der Waals surface area (Å²) in [5, 5.41) is 10.9.